The number of β-amino-alcohol motifs (C(OH)–C–C–N with tert-alkyl or cyclic N) is 1. The summed E-state index contributed by atoms with van der Waals surface area (Å²) in [5, 5.41) is 12.4. The quantitative estimate of drug-likeness (QED) is 0.858. The van der Waals surface area contributed by atoms with Gasteiger partial charge < -0.3 is 15.3 Å². The predicted molar refractivity (Wildman–Crippen MR) is 72.9 cm³/mol. The summed E-state index contributed by atoms with van der Waals surface area (Å²) < 4.78 is 0. The molecule has 1 aliphatic heterocycles. The molecule has 104 valence electrons. The van der Waals surface area contributed by atoms with Crippen molar-refractivity contribution in [3.8, 4) is 0 Å². The first-order valence-corrected chi connectivity index (χ1v) is 6.77. The Morgan fingerprint density at radius 1 is 1.58 bits per heavy atom. The van der Waals surface area contributed by atoms with Crippen molar-refractivity contribution in [1.82, 2.24) is 15.2 Å². The van der Waals surface area contributed by atoms with Crippen LogP contribution in [0, 0.1) is 6.92 Å². The van der Waals surface area contributed by atoms with Crippen molar-refractivity contribution in [3.05, 3.63) is 29.6 Å². The zero-order valence-corrected chi connectivity index (χ0v) is 11.3. The first-order chi connectivity index (χ1) is 9.15. The Kier molecular flexibility index (Phi) is 4.74. The van der Waals surface area contributed by atoms with E-state index in [1.54, 1.807) is 4.90 Å². The highest BCUT2D eigenvalue weighted by Crippen LogP contribution is 2.09. The van der Waals surface area contributed by atoms with E-state index < -0.39 is 0 Å². The number of aliphatic hydroxyl groups excluding tert-OH is 1. The number of nitrogens with one attached hydrogen (secondary N) is 1. The third kappa shape index (κ3) is 4.21. The van der Waals surface area contributed by atoms with Crippen LogP contribution in [0.25, 0.3) is 0 Å². The van der Waals surface area contributed by atoms with E-state index in [1.807, 2.05) is 25.3 Å². The molecule has 5 heteroatoms. The van der Waals surface area contributed by atoms with Crippen molar-refractivity contribution in [2.24, 2.45) is 0 Å². The van der Waals surface area contributed by atoms with Gasteiger partial charge in [0, 0.05) is 31.5 Å². The van der Waals surface area contributed by atoms with E-state index in [-0.39, 0.29) is 12.1 Å². The number of hydrogen-bond donors (Lipinski definition) is 2. The number of aryl methyl sites for hydroxylation is 1. The predicted octanol–water partition coefficient (Wildman–Crippen LogP) is 1.10. The third-order valence-corrected chi connectivity index (χ3v) is 3.35. The number of carbonyl (C=O) groups excluding carboxylic acids is 1. The van der Waals surface area contributed by atoms with Crippen LogP contribution in [0.15, 0.2) is 18.3 Å². The molecular formula is C14H21N3O2. The van der Waals surface area contributed by atoms with Gasteiger partial charge in [-0.05, 0) is 37.8 Å². The summed E-state index contributed by atoms with van der Waals surface area (Å²) in [6.07, 6.45) is 3.90. The lowest BCUT2D eigenvalue weighted by Gasteiger charge is -2.30. The molecule has 1 unspecified atom stereocenters. The molecule has 0 bridgehead atoms. The second-order valence-corrected chi connectivity index (χ2v) is 5.03. The first-order valence-electron chi connectivity index (χ1n) is 6.77. The molecular weight excluding hydrogens is 242 g/mol. The van der Waals surface area contributed by atoms with Gasteiger partial charge in [0.15, 0.2) is 0 Å². The summed E-state index contributed by atoms with van der Waals surface area (Å²) in [5.41, 5.74) is 2.11. The molecule has 1 atom stereocenters. The molecule has 1 aliphatic rings. The number of urea groups is 1. The molecule has 0 spiro atoms. The molecule has 5 nitrogen and oxygen atoms in total. The molecule has 1 fully saturated rings. The maximum Gasteiger partial charge on any atom is 0.317 e. The van der Waals surface area contributed by atoms with Crippen LogP contribution in [0.4, 0.5) is 4.79 Å². The molecule has 2 rings (SSSR count). The lowest BCUT2D eigenvalue weighted by molar-refractivity contribution is 0.0843. The summed E-state index contributed by atoms with van der Waals surface area (Å²) in [7, 11) is 0. The number of aromatic nitrogens is 1. The minimum Gasteiger partial charge on any atom is -0.391 e. The standard InChI is InChI=1S/C14H21N3O2/c1-11-4-5-12(9-16-11)6-7-15-14(19)17-8-2-3-13(18)10-17/h4-5,9,13,18H,2-3,6-8,10H2,1H3,(H,15,19). The fourth-order valence-corrected chi connectivity index (χ4v) is 2.21. The minimum absolute atomic E-state index is 0.0844. The molecule has 19 heavy (non-hydrogen) atoms. The van der Waals surface area contributed by atoms with Crippen molar-refractivity contribution in [3.63, 3.8) is 0 Å². The van der Waals surface area contributed by atoms with Gasteiger partial charge in [0.25, 0.3) is 0 Å². The number of amides is 2. The number of carbonyl (C=O) groups is 1. The van der Waals surface area contributed by atoms with Gasteiger partial charge >= 0.3 is 6.03 Å². The van der Waals surface area contributed by atoms with Crippen LogP contribution in [0.1, 0.15) is 24.1 Å². The van der Waals surface area contributed by atoms with E-state index in [0.717, 1.165) is 37.1 Å². The maximum atomic E-state index is 11.9. The van der Waals surface area contributed by atoms with Crippen LogP contribution in [0.5, 0.6) is 0 Å². The van der Waals surface area contributed by atoms with E-state index in [4.69, 9.17) is 0 Å². The molecule has 0 saturated carbocycles. The SMILES string of the molecule is Cc1ccc(CCNC(=O)N2CCCC(O)C2)cn1. The molecule has 0 aromatic carbocycles. The number of rotatable bonds is 3. The van der Waals surface area contributed by atoms with Gasteiger partial charge in [-0.25, -0.2) is 4.79 Å². The molecule has 1 aromatic rings. The molecule has 2 heterocycles. The van der Waals surface area contributed by atoms with Gasteiger partial charge in [-0.15, -0.1) is 0 Å². The van der Waals surface area contributed by atoms with Crippen molar-refractivity contribution in [2.45, 2.75) is 32.3 Å². The van der Waals surface area contributed by atoms with Crippen molar-refractivity contribution >= 4 is 6.03 Å². The molecule has 0 aliphatic carbocycles. The summed E-state index contributed by atoms with van der Waals surface area (Å²) in [5.74, 6) is 0. The highest BCUT2D eigenvalue weighted by Gasteiger charge is 2.21. The smallest absolute Gasteiger partial charge is 0.317 e. The summed E-state index contributed by atoms with van der Waals surface area (Å²) in [6, 6.07) is 3.91. The Bertz CT molecular complexity index is 419. The highest BCUT2D eigenvalue weighted by atomic mass is 16.3. The largest absolute Gasteiger partial charge is 0.391 e. The van der Waals surface area contributed by atoms with Gasteiger partial charge in [-0.2, -0.15) is 0 Å². The van der Waals surface area contributed by atoms with Gasteiger partial charge in [-0.1, -0.05) is 6.07 Å². The number of aliphatic hydroxyl groups is 1. The molecule has 1 saturated heterocycles. The number of hydrogen-bond acceptors (Lipinski definition) is 3. The molecule has 0 radical (unpaired) electrons. The van der Waals surface area contributed by atoms with E-state index in [0.29, 0.717) is 13.1 Å². The second kappa shape index (κ2) is 6.52. The van der Waals surface area contributed by atoms with Crippen LogP contribution in [-0.4, -0.2) is 46.8 Å². The van der Waals surface area contributed by atoms with Gasteiger partial charge in [-0.3, -0.25) is 4.98 Å². The van der Waals surface area contributed by atoms with Crippen LogP contribution in [-0.2, 0) is 6.42 Å². The fourth-order valence-electron chi connectivity index (χ4n) is 2.21. The topological polar surface area (TPSA) is 65.5 Å². The van der Waals surface area contributed by atoms with E-state index in [2.05, 4.69) is 10.3 Å². The average molecular weight is 263 g/mol. The zero-order valence-electron chi connectivity index (χ0n) is 11.3. The van der Waals surface area contributed by atoms with E-state index in [1.165, 1.54) is 0 Å². The Balaban J connectivity index is 1.73. The lowest BCUT2D eigenvalue weighted by Crippen LogP contribution is -2.47. The van der Waals surface area contributed by atoms with Crippen molar-refractivity contribution in [2.75, 3.05) is 19.6 Å². The normalized spacial score (nSPS) is 19.3. The van der Waals surface area contributed by atoms with Crippen LogP contribution >= 0.6 is 0 Å². The van der Waals surface area contributed by atoms with Crippen LogP contribution in [0.3, 0.4) is 0 Å². The van der Waals surface area contributed by atoms with Crippen LogP contribution in [0.2, 0.25) is 0 Å². The Morgan fingerprint density at radius 2 is 2.42 bits per heavy atom. The Labute approximate surface area is 113 Å². The number of likely N-dealkylation sites (tertiary alicyclic amines) is 1. The number of nitrogens with zero attached hydrogens (tertiary/aromatic N) is 2. The van der Waals surface area contributed by atoms with E-state index >= 15 is 0 Å². The van der Waals surface area contributed by atoms with Crippen molar-refractivity contribution < 1.29 is 9.90 Å². The number of pyridine rings is 1. The fraction of sp³-hybridized carbons (Fsp3) is 0.571. The third-order valence-electron chi connectivity index (χ3n) is 3.35. The molecule has 1 aromatic heterocycles. The van der Waals surface area contributed by atoms with E-state index in [9.17, 15) is 9.90 Å². The van der Waals surface area contributed by atoms with Gasteiger partial charge in [0.05, 0.1) is 6.10 Å². The number of piperidine rings is 1. The summed E-state index contributed by atoms with van der Waals surface area (Å²) >= 11 is 0. The molecule has 2 N–H and O–H groups in total. The van der Waals surface area contributed by atoms with Crippen LogP contribution < -0.4 is 5.32 Å². The maximum absolute atomic E-state index is 11.9. The summed E-state index contributed by atoms with van der Waals surface area (Å²) in [6.45, 7) is 3.72. The average Bonchev–Trinajstić information content (AvgIpc) is 2.41. The minimum atomic E-state index is -0.374. The van der Waals surface area contributed by atoms with Gasteiger partial charge in [0.1, 0.15) is 0 Å². The second-order valence-electron chi connectivity index (χ2n) is 5.03. The highest BCUT2D eigenvalue weighted by molar-refractivity contribution is 5.74. The molecule has 2 amide bonds. The Hall–Kier alpha value is -1.62. The van der Waals surface area contributed by atoms with Gasteiger partial charge in [0.2, 0.25) is 0 Å². The summed E-state index contributed by atoms with van der Waals surface area (Å²) in [4.78, 5) is 17.8. The van der Waals surface area contributed by atoms with Crippen molar-refractivity contribution in [1.29, 1.82) is 0 Å². The first kappa shape index (κ1) is 13.8. The lowest BCUT2D eigenvalue weighted by atomic mass is 10.1. The monoisotopic (exact) mass is 263 g/mol. The Morgan fingerprint density at radius 3 is 3.11 bits per heavy atom. The zero-order chi connectivity index (χ0) is 13.7.